The van der Waals surface area contributed by atoms with E-state index in [0.717, 1.165) is 89.8 Å². The summed E-state index contributed by atoms with van der Waals surface area (Å²) >= 11 is 0. The van der Waals surface area contributed by atoms with Crippen LogP contribution >= 0.6 is 0 Å². The molecule has 0 radical (unpaired) electrons. The molecule has 12 aromatic rings. The van der Waals surface area contributed by atoms with Crippen LogP contribution in [0.15, 0.2) is 253 Å². The van der Waals surface area contributed by atoms with Crippen LogP contribution in [0.3, 0.4) is 0 Å². The highest BCUT2D eigenvalue weighted by atomic mass is 16.5. The number of hydrogen-bond donors (Lipinski definition) is 0. The predicted octanol–water partition coefficient (Wildman–Crippen LogP) is 21.8. The van der Waals surface area contributed by atoms with Gasteiger partial charge in [-0.3, -0.25) is 0 Å². The standard InChI is InChI=1S/C80H63NO3/c1-5-22-52(23-6-1)54-40-44-60-61-45-41-55(53-24-7-2-8-25-53)49-69(61)80(68(60)48-54)67-35-16-20-39-75(67)83-77-47-43-59(51-71(77)80)81(72-36-17-13-30-62(72)64-32-21-33-65-63-31-14-18-37-73(63)84-78(64)65)58-42-46-76-70(50-58)79(56-26-9-3-10-27-56,57-28-11-4-12-29-57)66-34-15-19-38-74(66)82-76/h3-4,9-21,26-53H,1-2,5-8,22-25H2. The molecule has 0 saturated heterocycles. The van der Waals surface area contributed by atoms with Gasteiger partial charge in [-0.15, -0.1) is 0 Å². The molecule has 2 fully saturated rings. The molecule has 5 aliphatic rings. The number of para-hydroxylation sites is 5. The zero-order chi connectivity index (χ0) is 55.3. The monoisotopic (exact) mass is 1090 g/mol. The van der Waals surface area contributed by atoms with Gasteiger partial charge in [-0.2, -0.15) is 0 Å². The number of benzene rings is 11. The average Bonchev–Trinajstić information content (AvgIpc) is 1.44. The van der Waals surface area contributed by atoms with Crippen LogP contribution in [0.1, 0.15) is 132 Å². The van der Waals surface area contributed by atoms with E-state index in [-0.39, 0.29) is 0 Å². The fourth-order valence-electron chi connectivity index (χ4n) is 16.1. The Morgan fingerprint density at radius 2 is 0.798 bits per heavy atom. The van der Waals surface area contributed by atoms with E-state index in [1.165, 1.54) is 114 Å². The first kappa shape index (κ1) is 49.2. The molecular weight excluding hydrogens is 1020 g/mol. The first-order chi connectivity index (χ1) is 41.6. The maximum absolute atomic E-state index is 7.29. The van der Waals surface area contributed by atoms with Gasteiger partial charge in [0.15, 0.2) is 0 Å². The van der Waals surface area contributed by atoms with Crippen LogP contribution in [-0.2, 0) is 10.8 Å². The second kappa shape index (κ2) is 19.6. The molecule has 2 saturated carbocycles. The molecule has 0 N–H and O–H groups in total. The summed E-state index contributed by atoms with van der Waals surface area (Å²) in [5, 5.41) is 2.20. The van der Waals surface area contributed by atoms with Crippen LogP contribution < -0.4 is 14.4 Å². The maximum atomic E-state index is 7.29. The topological polar surface area (TPSA) is 34.8 Å². The van der Waals surface area contributed by atoms with Crippen molar-refractivity contribution in [2.45, 2.75) is 86.9 Å². The smallest absolute Gasteiger partial charge is 0.143 e. The Hall–Kier alpha value is -9.38. The fourth-order valence-corrected chi connectivity index (χ4v) is 16.1. The molecule has 17 rings (SSSR count). The minimum Gasteiger partial charge on any atom is -0.457 e. The highest BCUT2D eigenvalue weighted by Crippen LogP contribution is 2.64. The van der Waals surface area contributed by atoms with E-state index in [0.29, 0.717) is 11.8 Å². The molecular formula is C80H63NO3. The quantitative estimate of drug-likeness (QED) is 0.152. The number of fused-ring (bicyclic) bond motifs is 14. The van der Waals surface area contributed by atoms with E-state index in [2.05, 4.69) is 254 Å². The summed E-state index contributed by atoms with van der Waals surface area (Å²) in [5.74, 6) is 4.53. The summed E-state index contributed by atoms with van der Waals surface area (Å²) < 4.78 is 21.3. The lowest BCUT2D eigenvalue weighted by molar-refractivity contribution is 0.433. The van der Waals surface area contributed by atoms with E-state index in [1.54, 1.807) is 0 Å². The van der Waals surface area contributed by atoms with E-state index < -0.39 is 10.8 Å². The minimum absolute atomic E-state index is 0.533. The van der Waals surface area contributed by atoms with Crippen molar-refractivity contribution in [2.24, 2.45) is 0 Å². The largest absolute Gasteiger partial charge is 0.457 e. The predicted molar refractivity (Wildman–Crippen MR) is 341 cm³/mol. The lowest BCUT2D eigenvalue weighted by Crippen LogP contribution is -2.34. The molecule has 3 heterocycles. The number of nitrogens with zero attached hydrogens (tertiary/aromatic N) is 1. The molecule has 406 valence electrons. The molecule has 4 nitrogen and oxygen atoms in total. The molecule has 0 atom stereocenters. The minimum atomic E-state index is -0.741. The number of hydrogen-bond acceptors (Lipinski definition) is 4. The molecule has 0 bridgehead atoms. The Morgan fingerprint density at radius 1 is 0.321 bits per heavy atom. The van der Waals surface area contributed by atoms with Crippen LogP contribution in [0, 0.1) is 0 Å². The van der Waals surface area contributed by atoms with Gasteiger partial charge in [-0.05, 0) is 143 Å². The number of furan rings is 1. The third-order valence-electron chi connectivity index (χ3n) is 19.9. The van der Waals surface area contributed by atoms with Gasteiger partial charge >= 0.3 is 0 Å². The lowest BCUT2D eigenvalue weighted by atomic mass is 9.63. The van der Waals surface area contributed by atoms with Crippen LogP contribution in [0.25, 0.3) is 44.2 Å². The van der Waals surface area contributed by atoms with Crippen molar-refractivity contribution in [1.29, 1.82) is 0 Å². The number of anilines is 3. The van der Waals surface area contributed by atoms with Crippen molar-refractivity contribution in [3.63, 3.8) is 0 Å². The van der Waals surface area contributed by atoms with Crippen molar-refractivity contribution in [1.82, 2.24) is 0 Å². The SMILES string of the molecule is c1ccc(C2(c3ccccc3)c3ccccc3Oc3ccc(N(c4ccc5c(c4)C4(c6ccccc6O5)c5cc(C6CCCCC6)ccc5-c5ccc(C6CCCCC6)cc54)c4ccccc4-c4cccc5c4oc4ccccc45)cc32)cc1. The Balaban J connectivity index is 0.955. The lowest BCUT2D eigenvalue weighted by Gasteiger charge is -2.42. The first-order valence-electron chi connectivity index (χ1n) is 30.7. The third-order valence-corrected chi connectivity index (χ3v) is 19.9. The summed E-state index contributed by atoms with van der Waals surface area (Å²) in [7, 11) is 0. The summed E-state index contributed by atoms with van der Waals surface area (Å²) in [6, 6.07) is 92.6. The van der Waals surface area contributed by atoms with Gasteiger partial charge in [-0.1, -0.05) is 227 Å². The summed E-state index contributed by atoms with van der Waals surface area (Å²) in [6.07, 6.45) is 12.7. The van der Waals surface area contributed by atoms with Gasteiger partial charge in [-0.25, -0.2) is 0 Å². The highest BCUT2D eigenvalue weighted by molar-refractivity contribution is 6.11. The van der Waals surface area contributed by atoms with E-state index in [4.69, 9.17) is 13.9 Å². The summed E-state index contributed by atoms with van der Waals surface area (Å²) in [5.41, 5.74) is 20.6. The van der Waals surface area contributed by atoms with Crippen LogP contribution in [-0.4, -0.2) is 0 Å². The van der Waals surface area contributed by atoms with E-state index in [9.17, 15) is 0 Å². The Kier molecular flexibility index (Phi) is 11.5. The number of ether oxygens (including phenoxy) is 2. The normalized spacial score (nSPS) is 16.4. The van der Waals surface area contributed by atoms with Gasteiger partial charge in [0.2, 0.25) is 0 Å². The number of rotatable bonds is 8. The van der Waals surface area contributed by atoms with Crippen molar-refractivity contribution in [3.8, 4) is 45.3 Å². The molecule has 84 heavy (non-hydrogen) atoms. The van der Waals surface area contributed by atoms with Gasteiger partial charge < -0.3 is 18.8 Å². The maximum Gasteiger partial charge on any atom is 0.143 e. The Morgan fingerprint density at radius 3 is 1.40 bits per heavy atom. The molecule has 1 aromatic heterocycles. The summed E-state index contributed by atoms with van der Waals surface area (Å²) in [4.78, 5) is 2.50. The second-order valence-corrected chi connectivity index (χ2v) is 24.2. The fraction of sp³-hybridized carbons (Fsp3) is 0.175. The van der Waals surface area contributed by atoms with E-state index in [1.807, 2.05) is 0 Å². The van der Waals surface area contributed by atoms with Crippen molar-refractivity contribution < 1.29 is 13.9 Å². The molecule has 2 aliphatic heterocycles. The zero-order valence-corrected chi connectivity index (χ0v) is 47.1. The summed E-state index contributed by atoms with van der Waals surface area (Å²) in [6.45, 7) is 0. The third kappa shape index (κ3) is 7.38. The molecule has 3 aliphatic carbocycles. The Labute approximate surface area is 491 Å². The van der Waals surface area contributed by atoms with Gasteiger partial charge in [0.25, 0.3) is 0 Å². The molecule has 4 heteroatoms. The van der Waals surface area contributed by atoms with Crippen LogP contribution in [0.4, 0.5) is 17.1 Å². The Bertz CT molecular complexity index is 4430. The molecule has 0 amide bonds. The molecule has 1 spiro atoms. The van der Waals surface area contributed by atoms with Crippen LogP contribution in [0.5, 0.6) is 23.0 Å². The molecule has 11 aromatic carbocycles. The second-order valence-electron chi connectivity index (χ2n) is 24.2. The first-order valence-corrected chi connectivity index (χ1v) is 30.7. The van der Waals surface area contributed by atoms with Gasteiger partial charge in [0.05, 0.1) is 16.5 Å². The zero-order valence-electron chi connectivity index (χ0n) is 47.1. The van der Waals surface area contributed by atoms with Crippen molar-refractivity contribution in [3.05, 3.63) is 304 Å². The van der Waals surface area contributed by atoms with Crippen LogP contribution in [0.2, 0.25) is 0 Å². The molecule has 0 unspecified atom stereocenters. The average molecular weight is 1090 g/mol. The highest BCUT2D eigenvalue weighted by Gasteiger charge is 2.52. The van der Waals surface area contributed by atoms with Crippen molar-refractivity contribution in [2.75, 3.05) is 4.90 Å². The van der Waals surface area contributed by atoms with Gasteiger partial charge in [0, 0.05) is 55.5 Å². The van der Waals surface area contributed by atoms with Gasteiger partial charge in [0.1, 0.15) is 34.2 Å². The van der Waals surface area contributed by atoms with E-state index >= 15 is 0 Å². The van der Waals surface area contributed by atoms with Crippen molar-refractivity contribution >= 4 is 39.0 Å².